The third kappa shape index (κ3) is 11.8. The first kappa shape index (κ1) is 43.1. The molecule has 2 aromatic rings. The average Bonchev–Trinajstić information content (AvgIpc) is 3.20. The molecule has 4 aliphatic rings. The van der Waals surface area contributed by atoms with E-state index in [1.165, 1.54) is 102 Å². The Kier molecular flexibility index (Phi) is 16.6. The molecule has 0 saturated heterocycles. The number of rotatable bonds is 20. The third-order valence-corrected chi connectivity index (χ3v) is 14.7. The zero-order valence-electron chi connectivity index (χ0n) is 34.9. The fraction of sp³-hybridized carbons (Fsp3) is 0.755. The third-order valence-electron chi connectivity index (χ3n) is 14.7. The van der Waals surface area contributed by atoms with Crippen LogP contribution in [0.1, 0.15) is 161 Å². The van der Waals surface area contributed by atoms with Crippen LogP contribution < -0.4 is 14.2 Å². The lowest BCUT2D eigenvalue weighted by molar-refractivity contribution is 0.0739. The molecule has 0 N–H and O–H groups in total. The number of hydrogen-bond acceptors (Lipinski definition) is 3. The second kappa shape index (κ2) is 21.5. The molecule has 0 spiro atoms. The Morgan fingerprint density at radius 3 is 1.43 bits per heavy atom. The van der Waals surface area contributed by atoms with Crippen molar-refractivity contribution in [1.82, 2.24) is 0 Å². The fourth-order valence-electron chi connectivity index (χ4n) is 11.5. The minimum absolute atomic E-state index is 0.0191. The molecular weight excluding hydrogens is 713 g/mol. The van der Waals surface area contributed by atoms with Crippen molar-refractivity contribution < 1.29 is 31.8 Å². The Morgan fingerprint density at radius 1 is 0.518 bits per heavy atom. The van der Waals surface area contributed by atoms with Crippen LogP contribution in [0.5, 0.6) is 17.2 Å². The van der Waals surface area contributed by atoms with E-state index < -0.39 is 23.3 Å². The van der Waals surface area contributed by atoms with Crippen LogP contribution in [0.4, 0.5) is 17.6 Å². The minimum Gasteiger partial charge on any atom is -0.490 e. The van der Waals surface area contributed by atoms with Crippen molar-refractivity contribution in [1.29, 1.82) is 0 Å². The molecule has 0 heterocycles. The van der Waals surface area contributed by atoms with Crippen LogP contribution in [0.15, 0.2) is 24.3 Å². The number of fused-ring (bicyclic) bond motifs is 2. The summed E-state index contributed by atoms with van der Waals surface area (Å²) in [4.78, 5) is 0. The van der Waals surface area contributed by atoms with Crippen LogP contribution in [0.2, 0.25) is 0 Å². The number of ether oxygens (including phenoxy) is 3. The molecule has 4 fully saturated rings. The molecule has 4 aliphatic carbocycles. The van der Waals surface area contributed by atoms with Crippen molar-refractivity contribution in [3.05, 3.63) is 53.1 Å². The standard InChI is InChI=1S/C49H72F4O3/c1-4-8-34-13-18-40-30-36(15-20-39(40)28-34)12-17-38-22-23-43(47(51)46(38)50)54-26-6-10-33(3)11-7-27-55-44-24-25-45(49(53)48(44)52)56-32-37-16-21-41-29-35(9-5-2)14-19-42(41)31-37/h22-25,33-37,39-42H,4-21,26-32H2,1-3H3. The van der Waals surface area contributed by atoms with Crippen LogP contribution >= 0.6 is 0 Å². The van der Waals surface area contributed by atoms with Gasteiger partial charge in [-0.15, -0.1) is 0 Å². The molecule has 2 aromatic carbocycles. The number of halogens is 4. The van der Waals surface area contributed by atoms with Gasteiger partial charge in [-0.2, -0.15) is 13.2 Å². The van der Waals surface area contributed by atoms with Gasteiger partial charge in [0.1, 0.15) is 0 Å². The largest absolute Gasteiger partial charge is 0.490 e. The summed E-state index contributed by atoms with van der Waals surface area (Å²) < 4.78 is 77.0. The number of hydrogen-bond donors (Lipinski definition) is 0. The Hall–Kier alpha value is -2.44. The molecule has 7 heteroatoms. The van der Waals surface area contributed by atoms with Gasteiger partial charge in [0, 0.05) is 0 Å². The van der Waals surface area contributed by atoms with Gasteiger partial charge < -0.3 is 14.2 Å². The van der Waals surface area contributed by atoms with E-state index in [2.05, 4.69) is 20.8 Å². The maximum absolute atomic E-state index is 15.1. The van der Waals surface area contributed by atoms with E-state index in [1.54, 1.807) is 12.1 Å². The lowest BCUT2D eigenvalue weighted by Gasteiger charge is -2.42. The van der Waals surface area contributed by atoms with Crippen molar-refractivity contribution in [2.75, 3.05) is 19.8 Å². The van der Waals surface area contributed by atoms with E-state index in [0.29, 0.717) is 55.8 Å². The van der Waals surface area contributed by atoms with Gasteiger partial charge in [0.2, 0.25) is 17.5 Å². The first-order valence-corrected chi connectivity index (χ1v) is 23.0. The SMILES string of the molecule is CCCC1CCC2CC(CCc3ccc(OCCCC(C)CCCOc4ccc(OCC5CCC6CC(CCC)CCC6C5)c(F)c4F)c(F)c3F)CCC2C1. The fourth-order valence-corrected chi connectivity index (χ4v) is 11.5. The summed E-state index contributed by atoms with van der Waals surface area (Å²) in [6.45, 7) is 7.71. The molecule has 0 amide bonds. The summed E-state index contributed by atoms with van der Waals surface area (Å²) in [7, 11) is 0. The van der Waals surface area contributed by atoms with Gasteiger partial charge in [-0.3, -0.25) is 0 Å². The summed E-state index contributed by atoms with van der Waals surface area (Å²) in [5.41, 5.74) is 0.457. The zero-order chi connectivity index (χ0) is 39.4. The minimum atomic E-state index is -0.996. The Balaban J connectivity index is 0.831. The van der Waals surface area contributed by atoms with Crippen LogP contribution in [-0.2, 0) is 6.42 Å². The molecule has 9 atom stereocenters. The molecule has 0 aliphatic heterocycles. The van der Waals surface area contributed by atoms with Gasteiger partial charge in [0.15, 0.2) is 23.1 Å². The first-order valence-electron chi connectivity index (χ1n) is 23.0. The van der Waals surface area contributed by atoms with Crippen molar-refractivity contribution >= 4 is 0 Å². The summed E-state index contributed by atoms with van der Waals surface area (Å²) in [6, 6.07) is 6.25. The quantitative estimate of drug-likeness (QED) is 0.0989. The summed E-state index contributed by atoms with van der Waals surface area (Å²) in [5, 5.41) is 0. The van der Waals surface area contributed by atoms with Crippen molar-refractivity contribution in [2.45, 2.75) is 162 Å². The molecule has 0 radical (unpaired) electrons. The van der Waals surface area contributed by atoms with E-state index in [4.69, 9.17) is 14.2 Å². The first-order chi connectivity index (χ1) is 27.2. The van der Waals surface area contributed by atoms with E-state index in [0.717, 1.165) is 67.6 Å². The van der Waals surface area contributed by atoms with Crippen LogP contribution in [0.25, 0.3) is 0 Å². The second-order valence-corrected chi connectivity index (χ2v) is 18.8. The van der Waals surface area contributed by atoms with Crippen LogP contribution in [0.3, 0.4) is 0 Å². The van der Waals surface area contributed by atoms with Gasteiger partial charge in [0.05, 0.1) is 19.8 Å². The lowest BCUT2D eigenvalue weighted by atomic mass is 9.63. The highest BCUT2D eigenvalue weighted by atomic mass is 19.2. The molecule has 6 rings (SSSR count). The van der Waals surface area contributed by atoms with E-state index in [9.17, 15) is 13.2 Å². The van der Waals surface area contributed by atoms with E-state index in [1.807, 2.05) is 0 Å². The highest BCUT2D eigenvalue weighted by Crippen LogP contribution is 2.48. The van der Waals surface area contributed by atoms with Gasteiger partial charge in [-0.05, 0) is 173 Å². The maximum Gasteiger partial charge on any atom is 0.204 e. The molecular formula is C49H72F4O3. The number of benzene rings is 2. The van der Waals surface area contributed by atoms with E-state index in [-0.39, 0.29) is 23.9 Å². The number of aryl methyl sites for hydroxylation is 1. The van der Waals surface area contributed by atoms with Gasteiger partial charge >= 0.3 is 0 Å². The maximum atomic E-state index is 15.1. The zero-order valence-corrected chi connectivity index (χ0v) is 34.9. The lowest BCUT2D eigenvalue weighted by Crippen LogP contribution is -2.33. The smallest absolute Gasteiger partial charge is 0.204 e. The average molecular weight is 785 g/mol. The Morgan fingerprint density at radius 2 is 0.929 bits per heavy atom. The Labute approximate surface area is 336 Å². The predicted octanol–water partition coefficient (Wildman–Crippen LogP) is 14.5. The normalized spacial score (nSPS) is 28.3. The van der Waals surface area contributed by atoms with Crippen molar-refractivity contribution in [3.63, 3.8) is 0 Å². The second-order valence-electron chi connectivity index (χ2n) is 18.8. The monoisotopic (exact) mass is 785 g/mol. The molecule has 314 valence electrons. The molecule has 0 bridgehead atoms. The van der Waals surface area contributed by atoms with Crippen LogP contribution in [-0.4, -0.2) is 19.8 Å². The van der Waals surface area contributed by atoms with Gasteiger partial charge in [-0.25, -0.2) is 4.39 Å². The molecule has 56 heavy (non-hydrogen) atoms. The molecule has 4 saturated carbocycles. The van der Waals surface area contributed by atoms with E-state index >= 15 is 4.39 Å². The van der Waals surface area contributed by atoms with Crippen molar-refractivity contribution in [3.8, 4) is 17.2 Å². The summed E-state index contributed by atoms with van der Waals surface area (Å²) >= 11 is 0. The van der Waals surface area contributed by atoms with Crippen LogP contribution in [0, 0.1) is 76.5 Å². The highest BCUT2D eigenvalue weighted by molar-refractivity contribution is 5.35. The van der Waals surface area contributed by atoms with Crippen molar-refractivity contribution in [2.24, 2.45) is 53.3 Å². The van der Waals surface area contributed by atoms with Gasteiger partial charge in [-0.1, -0.05) is 71.8 Å². The topological polar surface area (TPSA) is 27.7 Å². The Bertz CT molecular complexity index is 1390. The highest BCUT2D eigenvalue weighted by Gasteiger charge is 2.37. The molecule has 3 nitrogen and oxygen atoms in total. The summed E-state index contributed by atoms with van der Waals surface area (Å²) in [6.07, 6.45) is 25.2. The predicted molar refractivity (Wildman–Crippen MR) is 218 cm³/mol. The molecule has 0 aromatic heterocycles. The van der Waals surface area contributed by atoms with Gasteiger partial charge in [0.25, 0.3) is 0 Å². The summed E-state index contributed by atoms with van der Waals surface area (Å²) in [5.74, 6) is 2.68. The molecule has 9 unspecified atom stereocenters.